The van der Waals surface area contributed by atoms with Crippen LogP contribution >= 0.6 is 31.9 Å². The van der Waals surface area contributed by atoms with Crippen molar-refractivity contribution in [2.24, 2.45) is 0 Å². The van der Waals surface area contributed by atoms with Gasteiger partial charge in [0.05, 0.1) is 6.57 Å². The van der Waals surface area contributed by atoms with Crippen LogP contribution in [0.5, 0.6) is 0 Å². The van der Waals surface area contributed by atoms with Gasteiger partial charge in [-0.3, -0.25) is 4.98 Å². The molecule has 0 N–H and O–H groups in total. The molecule has 1 rings (SSSR count). The maximum absolute atomic E-state index is 6.76. The number of nitrogens with zero attached hydrogens (tertiary/aromatic N) is 2. The van der Waals surface area contributed by atoms with Gasteiger partial charge in [0.25, 0.3) is 0 Å². The lowest BCUT2D eigenvalue weighted by Gasteiger charge is -1.94. The van der Waals surface area contributed by atoms with Gasteiger partial charge in [0.1, 0.15) is 0 Å². The molecule has 50 valence electrons. The highest BCUT2D eigenvalue weighted by atomic mass is 79.9. The van der Waals surface area contributed by atoms with Crippen LogP contribution in [0.15, 0.2) is 21.3 Å². The van der Waals surface area contributed by atoms with Crippen molar-refractivity contribution in [1.29, 1.82) is 0 Å². The fraction of sp³-hybridized carbons (Fsp3) is 0. The van der Waals surface area contributed by atoms with Crippen LogP contribution in [0.2, 0.25) is 0 Å². The average molecular weight is 262 g/mol. The van der Waals surface area contributed by atoms with Crippen LogP contribution in [-0.4, -0.2) is 4.98 Å². The molecule has 0 radical (unpaired) electrons. The lowest BCUT2D eigenvalue weighted by molar-refractivity contribution is 1.30. The molecule has 0 aromatic carbocycles. The molecule has 10 heavy (non-hydrogen) atoms. The molecule has 0 fully saturated rings. The van der Waals surface area contributed by atoms with Gasteiger partial charge in [0.2, 0.25) is 5.69 Å². The molecule has 1 aromatic rings. The fourth-order valence-corrected chi connectivity index (χ4v) is 1.62. The van der Waals surface area contributed by atoms with E-state index in [0.29, 0.717) is 5.69 Å². The lowest BCUT2D eigenvalue weighted by Crippen LogP contribution is -1.72. The van der Waals surface area contributed by atoms with Crippen molar-refractivity contribution in [2.75, 3.05) is 0 Å². The zero-order valence-electron chi connectivity index (χ0n) is 4.81. The normalized spacial score (nSPS) is 8.90. The summed E-state index contributed by atoms with van der Waals surface area (Å²) < 4.78 is 1.44. The minimum atomic E-state index is 0.565. The van der Waals surface area contributed by atoms with Crippen molar-refractivity contribution in [1.82, 2.24) is 4.98 Å². The van der Waals surface area contributed by atoms with E-state index < -0.39 is 0 Å². The van der Waals surface area contributed by atoms with Crippen molar-refractivity contribution < 1.29 is 0 Å². The predicted octanol–water partition coefficient (Wildman–Crippen LogP) is 3.16. The van der Waals surface area contributed by atoms with Crippen molar-refractivity contribution in [3.8, 4) is 0 Å². The third-order valence-corrected chi connectivity index (χ3v) is 2.10. The zero-order valence-corrected chi connectivity index (χ0v) is 7.98. The molecule has 0 atom stereocenters. The monoisotopic (exact) mass is 260 g/mol. The minimum absolute atomic E-state index is 0.565. The number of pyridine rings is 1. The molecule has 0 aliphatic heterocycles. The van der Waals surface area contributed by atoms with Crippen LogP contribution in [0.25, 0.3) is 4.85 Å². The summed E-state index contributed by atoms with van der Waals surface area (Å²) in [5.41, 5.74) is 0.565. The molecule has 1 aromatic heterocycles. The first-order valence-corrected chi connectivity index (χ1v) is 4.00. The van der Waals surface area contributed by atoms with Crippen molar-refractivity contribution in [3.05, 3.63) is 32.8 Å². The number of rotatable bonds is 0. The van der Waals surface area contributed by atoms with Gasteiger partial charge in [-0.2, -0.15) is 0 Å². The van der Waals surface area contributed by atoms with Crippen LogP contribution in [0.4, 0.5) is 5.69 Å². The van der Waals surface area contributed by atoms with E-state index in [9.17, 15) is 0 Å². The third kappa shape index (κ3) is 1.36. The van der Waals surface area contributed by atoms with E-state index in [1.54, 1.807) is 12.4 Å². The van der Waals surface area contributed by atoms with E-state index >= 15 is 0 Å². The summed E-state index contributed by atoms with van der Waals surface area (Å²) in [6.07, 6.45) is 3.19. The van der Waals surface area contributed by atoms with Gasteiger partial charge in [-0.25, -0.2) is 4.85 Å². The Balaban J connectivity index is 3.34. The second kappa shape index (κ2) is 3.13. The van der Waals surface area contributed by atoms with Crippen LogP contribution in [0, 0.1) is 6.57 Å². The van der Waals surface area contributed by atoms with Gasteiger partial charge in [0, 0.05) is 21.3 Å². The molecule has 0 aliphatic rings. The smallest absolute Gasteiger partial charge is 0.218 e. The van der Waals surface area contributed by atoms with E-state index in [0.717, 1.165) is 8.95 Å². The van der Waals surface area contributed by atoms with E-state index in [-0.39, 0.29) is 0 Å². The Morgan fingerprint density at radius 1 is 1.30 bits per heavy atom. The molecule has 2 nitrogen and oxygen atoms in total. The Morgan fingerprint density at radius 2 is 1.80 bits per heavy atom. The third-order valence-electron chi connectivity index (χ3n) is 0.940. The maximum atomic E-state index is 6.76. The molecule has 0 spiro atoms. The molecule has 0 saturated heterocycles. The summed E-state index contributed by atoms with van der Waals surface area (Å²) >= 11 is 6.40. The van der Waals surface area contributed by atoms with Gasteiger partial charge in [0.15, 0.2) is 0 Å². The minimum Gasteiger partial charge on any atom is -0.265 e. The van der Waals surface area contributed by atoms with Gasteiger partial charge in [-0.05, 0) is 0 Å². The largest absolute Gasteiger partial charge is 0.265 e. The molecular weight excluding hydrogens is 260 g/mol. The first-order chi connectivity index (χ1) is 4.75. The summed E-state index contributed by atoms with van der Waals surface area (Å²) in [7, 11) is 0. The average Bonchev–Trinajstić information content (AvgIpc) is 1.88. The predicted molar refractivity (Wildman–Crippen MR) is 45.9 cm³/mol. The second-order valence-corrected chi connectivity index (χ2v) is 3.27. The quantitative estimate of drug-likeness (QED) is 0.656. The van der Waals surface area contributed by atoms with Gasteiger partial charge in [-0.15, -0.1) is 0 Å². The van der Waals surface area contributed by atoms with Crippen molar-refractivity contribution >= 4 is 37.5 Å². The van der Waals surface area contributed by atoms with Crippen LogP contribution < -0.4 is 0 Å². The zero-order chi connectivity index (χ0) is 7.56. The van der Waals surface area contributed by atoms with Crippen molar-refractivity contribution in [2.45, 2.75) is 0 Å². The first-order valence-electron chi connectivity index (χ1n) is 2.42. The maximum Gasteiger partial charge on any atom is 0.218 e. The van der Waals surface area contributed by atoms with Crippen LogP contribution in [-0.2, 0) is 0 Å². The van der Waals surface area contributed by atoms with Crippen LogP contribution in [0.3, 0.4) is 0 Å². The van der Waals surface area contributed by atoms with E-state index in [2.05, 4.69) is 41.7 Å². The Morgan fingerprint density at radius 3 is 2.10 bits per heavy atom. The summed E-state index contributed by atoms with van der Waals surface area (Å²) in [4.78, 5) is 7.14. The van der Waals surface area contributed by atoms with Crippen molar-refractivity contribution in [3.63, 3.8) is 0 Å². The Kier molecular flexibility index (Phi) is 2.41. The van der Waals surface area contributed by atoms with E-state index in [1.165, 1.54) is 0 Å². The van der Waals surface area contributed by atoms with Gasteiger partial charge < -0.3 is 0 Å². The molecule has 0 bridgehead atoms. The van der Waals surface area contributed by atoms with Gasteiger partial charge >= 0.3 is 0 Å². The SMILES string of the molecule is [C-]#[N+]c1c(Br)cncc1Br. The first kappa shape index (κ1) is 7.70. The molecule has 0 saturated carbocycles. The summed E-state index contributed by atoms with van der Waals surface area (Å²) in [6.45, 7) is 6.76. The van der Waals surface area contributed by atoms with E-state index in [4.69, 9.17) is 6.57 Å². The van der Waals surface area contributed by atoms with Crippen LogP contribution in [0.1, 0.15) is 0 Å². The molecule has 4 heteroatoms. The summed E-state index contributed by atoms with van der Waals surface area (Å²) in [5, 5.41) is 0. The molecular formula is C6H2Br2N2. The Bertz CT molecular complexity index is 270. The highest BCUT2D eigenvalue weighted by molar-refractivity contribution is 9.11. The standard InChI is InChI=1S/C6H2Br2N2/c1-9-6-4(7)2-10-3-5(6)8/h2-3H. The highest BCUT2D eigenvalue weighted by Gasteiger charge is 2.02. The second-order valence-electron chi connectivity index (χ2n) is 1.56. The molecule has 0 aliphatic carbocycles. The summed E-state index contributed by atoms with van der Waals surface area (Å²) in [6, 6.07) is 0. The molecule has 1 heterocycles. The fourth-order valence-electron chi connectivity index (χ4n) is 0.511. The lowest BCUT2D eigenvalue weighted by atomic mass is 10.4. The molecule has 0 unspecified atom stereocenters. The van der Waals surface area contributed by atoms with E-state index in [1.807, 2.05) is 0 Å². The van der Waals surface area contributed by atoms with Gasteiger partial charge in [-0.1, -0.05) is 31.9 Å². The highest BCUT2D eigenvalue weighted by Crippen LogP contribution is 2.31. The summed E-state index contributed by atoms with van der Waals surface area (Å²) in [5.74, 6) is 0. The Hall–Kier alpha value is -0.400. The Labute approximate surface area is 75.4 Å². The number of hydrogen-bond acceptors (Lipinski definition) is 1. The number of hydrogen-bond donors (Lipinski definition) is 0. The number of aromatic nitrogens is 1. The topological polar surface area (TPSA) is 17.2 Å². The molecule has 0 amide bonds. The number of halogens is 2.